The molecule has 1 N–H and O–H groups in total. The molecule has 4 nitrogen and oxygen atoms in total. The molecule has 0 aliphatic carbocycles. The second kappa shape index (κ2) is 10.6. The molecule has 0 bridgehead atoms. The molecule has 0 spiro atoms. The first-order valence-electron chi connectivity index (χ1n) is 9.66. The number of ether oxygens (including phenoxy) is 2. The molecule has 3 aromatic carbocycles. The van der Waals surface area contributed by atoms with E-state index in [1.165, 1.54) is 0 Å². The molecule has 0 amide bonds. The third-order valence-corrected chi connectivity index (χ3v) is 4.94. The monoisotopic (exact) mass is 523 g/mol. The fraction of sp³-hybridized carbons (Fsp3) is 0.0870. The summed E-state index contributed by atoms with van der Waals surface area (Å²) in [6, 6.07) is 23.8. The summed E-state index contributed by atoms with van der Waals surface area (Å²) in [5.74, 6) is 2.15. The summed E-state index contributed by atoms with van der Waals surface area (Å²) < 4.78 is 56.9. The SMILES string of the molecule is COc1ccc([NH+]=c2cc(-c3ccccc3)oc3ccc(Br)cc23)cc1OC.F[B-](F)(F)F. The van der Waals surface area contributed by atoms with Gasteiger partial charge in [-0.05, 0) is 24.3 Å². The van der Waals surface area contributed by atoms with E-state index in [1.807, 2.05) is 72.8 Å². The van der Waals surface area contributed by atoms with E-state index in [9.17, 15) is 17.3 Å². The second-order valence-corrected chi connectivity index (χ2v) is 7.64. The zero-order valence-electron chi connectivity index (χ0n) is 17.6. The van der Waals surface area contributed by atoms with Gasteiger partial charge >= 0.3 is 7.25 Å². The van der Waals surface area contributed by atoms with Crippen molar-refractivity contribution in [3.8, 4) is 22.8 Å². The van der Waals surface area contributed by atoms with Crippen LogP contribution in [0.1, 0.15) is 0 Å². The van der Waals surface area contributed by atoms with Crippen LogP contribution >= 0.6 is 15.9 Å². The minimum absolute atomic E-state index is 0.668. The van der Waals surface area contributed by atoms with E-state index >= 15 is 0 Å². The maximum atomic E-state index is 9.75. The molecule has 1 heterocycles. The summed E-state index contributed by atoms with van der Waals surface area (Å²) in [7, 11) is -2.75. The van der Waals surface area contributed by atoms with E-state index in [0.29, 0.717) is 11.5 Å². The summed E-state index contributed by atoms with van der Waals surface area (Å²) in [6.45, 7) is 0. The third-order valence-electron chi connectivity index (χ3n) is 4.45. The molecule has 0 aliphatic heterocycles. The Morgan fingerprint density at radius 1 is 0.818 bits per heavy atom. The zero-order valence-corrected chi connectivity index (χ0v) is 19.2. The molecule has 0 saturated carbocycles. The standard InChI is InChI=1S/C23H18BrNO3.BF4/c1-26-21-11-9-17(13-23(21)27-2)25-19-14-22(15-6-4-3-5-7-15)28-20-10-8-16(24)12-18(19)20;2-1(3,4)5/h3-14H,1-2H3;/q;-1/p+1. The number of nitrogens with one attached hydrogen (secondary N) is 1. The number of hydrogen-bond donors (Lipinski definition) is 1. The van der Waals surface area contributed by atoms with Gasteiger partial charge in [0.25, 0.3) is 0 Å². The van der Waals surface area contributed by atoms with Gasteiger partial charge in [0, 0.05) is 16.1 Å². The molecule has 0 fully saturated rings. The Labute approximate surface area is 195 Å². The van der Waals surface area contributed by atoms with Gasteiger partial charge in [-0.15, -0.1) is 0 Å². The molecule has 172 valence electrons. The fourth-order valence-electron chi connectivity index (χ4n) is 3.08. The van der Waals surface area contributed by atoms with E-state index in [4.69, 9.17) is 13.9 Å². The number of fused-ring (bicyclic) bond motifs is 1. The largest absolute Gasteiger partial charge is 0.673 e. The average Bonchev–Trinajstić information content (AvgIpc) is 2.78. The molecule has 0 radical (unpaired) electrons. The van der Waals surface area contributed by atoms with Gasteiger partial charge in [0.1, 0.15) is 11.3 Å². The first kappa shape index (κ1) is 24.4. The number of methoxy groups -OCH3 is 2. The van der Waals surface area contributed by atoms with Crippen molar-refractivity contribution >= 4 is 39.8 Å². The molecular formula is C23H19BBrF4NO3. The van der Waals surface area contributed by atoms with E-state index in [2.05, 4.69) is 20.9 Å². The van der Waals surface area contributed by atoms with Crippen LogP contribution in [-0.2, 0) is 0 Å². The predicted molar refractivity (Wildman–Crippen MR) is 123 cm³/mol. The van der Waals surface area contributed by atoms with E-state index in [0.717, 1.165) is 37.8 Å². The quantitative estimate of drug-likeness (QED) is 0.284. The molecule has 10 heteroatoms. The van der Waals surface area contributed by atoms with Crippen molar-refractivity contribution in [3.63, 3.8) is 0 Å². The van der Waals surface area contributed by atoms with Crippen LogP contribution in [0.2, 0.25) is 0 Å². The second-order valence-electron chi connectivity index (χ2n) is 6.72. The maximum Gasteiger partial charge on any atom is 0.673 e. The highest BCUT2D eigenvalue weighted by Crippen LogP contribution is 2.28. The first-order chi connectivity index (χ1) is 15.7. The topological polar surface area (TPSA) is 45.6 Å². The van der Waals surface area contributed by atoms with Gasteiger partial charge in [-0.2, -0.15) is 0 Å². The summed E-state index contributed by atoms with van der Waals surface area (Å²) in [4.78, 5) is 3.49. The summed E-state index contributed by atoms with van der Waals surface area (Å²) in [5.41, 5.74) is 2.71. The molecule has 4 rings (SSSR count). The van der Waals surface area contributed by atoms with Crippen molar-refractivity contribution in [3.05, 3.63) is 82.6 Å². The molecule has 0 aliphatic rings. The highest BCUT2D eigenvalue weighted by Gasteiger charge is 2.20. The van der Waals surface area contributed by atoms with Crippen LogP contribution in [0.25, 0.3) is 22.3 Å². The first-order valence-corrected chi connectivity index (χ1v) is 10.5. The summed E-state index contributed by atoms with van der Waals surface area (Å²) >= 11 is 3.55. The Balaban J connectivity index is 0.000000555. The number of hydrogen-bond acceptors (Lipinski definition) is 3. The number of halogens is 5. The molecule has 0 saturated heterocycles. The zero-order chi connectivity index (χ0) is 24.0. The van der Waals surface area contributed by atoms with Crippen molar-refractivity contribution in [2.45, 2.75) is 0 Å². The normalized spacial score (nSPS) is 11.7. The van der Waals surface area contributed by atoms with Crippen molar-refractivity contribution in [2.75, 3.05) is 14.2 Å². The van der Waals surface area contributed by atoms with E-state index in [-0.39, 0.29) is 0 Å². The minimum atomic E-state index is -6.00. The smallest absolute Gasteiger partial charge is 0.493 e. The van der Waals surface area contributed by atoms with Crippen LogP contribution in [0.5, 0.6) is 11.5 Å². The fourth-order valence-corrected chi connectivity index (χ4v) is 3.44. The Kier molecular flexibility index (Phi) is 7.81. The lowest BCUT2D eigenvalue weighted by Crippen LogP contribution is -2.70. The van der Waals surface area contributed by atoms with Crippen LogP contribution in [0.3, 0.4) is 0 Å². The number of rotatable bonds is 4. The summed E-state index contributed by atoms with van der Waals surface area (Å²) in [6.07, 6.45) is 0. The molecular weight excluding hydrogens is 505 g/mol. The Morgan fingerprint density at radius 2 is 1.48 bits per heavy atom. The van der Waals surface area contributed by atoms with Gasteiger partial charge < -0.3 is 31.2 Å². The molecule has 33 heavy (non-hydrogen) atoms. The van der Waals surface area contributed by atoms with Crippen LogP contribution in [0, 0.1) is 0 Å². The maximum absolute atomic E-state index is 9.75. The highest BCUT2D eigenvalue weighted by molar-refractivity contribution is 9.10. The van der Waals surface area contributed by atoms with Crippen LogP contribution in [-0.4, -0.2) is 21.5 Å². The lowest BCUT2D eigenvalue weighted by atomic mass is 10.1. The van der Waals surface area contributed by atoms with Gasteiger partial charge in [-0.25, -0.2) is 4.99 Å². The van der Waals surface area contributed by atoms with E-state index < -0.39 is 7.25 Å². The molecule has 1 aromatic heterocycles. The Bertz CT molecular complexity index is 1300. The minimum Gasteiger partial charge on any atom is -0.493 e. The van der Waals surface area contributed by atoms with Crippen molar-refractivity contribution in [1.29, 1.82) is 0 Å². The van der Waals surface area contributed by atoms with Crippen molar-refractivity contribution in [1.82, 2.24) is 0 Å². The average molecular weight is 524 g/mol. The van der Waals surface area contributed by atoms with Gasteiger partial charge in [-0.1, -0.05) is 46.3 Å². The van der Waals surface area contributed by atoms with Gasteiger partial charge in [-0.3, -0.25) is 0 Å². The van der Waals surface area contributed by atoms with Crippen molar-refractivity contribution in [2.24, 2.45) is 0 Å². The van der Waals surface area contributed by atoms with Gasteiger partial charge in [0.05, 0.1) is 31.7 Å². The van der Waals surface area contributed by atoms with Crippen LogP contribution < -0.4 is 19.8 Å². The lowest BCUT2D eigenvalue weighted by Gasteiger charge is -2.06. The Hall–Kier alpha value is -3.27. The van der Waals surface area contributed by atoms with Gasteiger partial charge in [0.15, 0.2) is 11.5 Å². The van der Waals surface area contributed by atoms with Crippen molar-refractivity contribution < 1.29 is 36.1 Å². The van der Waals surface area contributed by atoms with Crippen LogP contribution in [0.4, 0.5) is 23.0 Å². The molecule has 0 atom stereocenters. The van der Waals surface area contributed by atoms with Crippen LogP contribution in [0.15, 0.2) is 81.7 Å². The Morgan fingerprint density at radius 3 is 2.12 bits per heavy atom. The number of benzene rings is 3. The molecule has 0 unspecified atom stereocenters. The van der Waals surface area contributed by atoms with Gasteiger partial charge in [0.2, 0.25) is 11.0 Å². The lowest BCUT2D eigenvalue weighted by molar-refractivity contribution is -0.401. The third kappa shape index (κ3) is 6.86. The summed E-state index contributed by atoms with van der Waals surface area (Å²) in [5, 5.41) is 1.91. The molecule has 4 aromatic rings. The highest BCUT2D eigenvalue weighted by atomic mass is 79.9. The predicted octanol–water partition coefficient (Wildman–Crippen LogP) is 5.49. The van der Waals surface area contributed by atoms with E-state index in [1.54, 1.807) is 14.2 Å².